The molecule has 1 atom stereocenters. The van der Waals surface area contributed by atoms with Gasteiger partial charge in [0.05, 0.1) is 0 Å². The van der Waals surface area contributed by atoms with Crippen molar-refractivity contribution in [1.29, 1.82) is 0 Å². The summed E-state index contributed by atoms with van der Waals surface area (Å²) in [6, 6.07) is 8.68. The highest BCUT2D eigenvalue weighted by molar-refractivity contribution is 6.31. The third-order valence-electron chi connectivity index (χ3n) is 3.49. The number of likely N-dealkylation sites (tertiary alicyclic amines) is 1. The maximum atomic E-state index is 6.15. The molecule has 0 aromatic heterocycles. The van der Waals surface area contributed by atoms with E-state index in [4.69, 9.17) is 11.6 Å². The molecule has 1 aliphatic rings. The van der Waals surface area contributed by atoms with Crippen molar-refractivity contribution in [2.45, 2.75) is 32.4 Å². The topological polar surface area (TPSA) is 15.3 Å². The van der Waals surface area contributed by atoms with Crippen LogP contribution in [0.2, 0.25) is 5.02 Å². The third kappa shape index (κ3) is 5.88. The van der Waals surface area contributed by atoms with E-state index in [2.05, 4.69) is 23.2 Å². The molecule has 1 aromatic rings. The van der Waals surface area contributed by atoms with E-state index in [-0.39, 0.29) is 24.8 Å². The SMILES string of the molecule is CCN1CCCC(NCc2ccccc2Cl)C1.Cl.Cl. The molecule has 1 aromatic carbocycles. The minimum atomic E-state index is 0. The Kier molecular flexibility index (Phi) is 9.85. The summed E-state index contributed by atoms with van der Waals surface area (Å²) in [4.78, 5) is 2.51. The molecule has 0 radical (unpaired) electrons. The smallest absolute Gasteiger partial charge is 0.0450 e. The normalized spacial score (nSPS) is 19.4. The molecule has 1 aliphatic heterocycles. The number of rotatable bonds is 4. The van der Waals surface area contributed by atoms with Crippen LogP contribution in [0.25, 0.3) is 0 Å². The second kappa shape index (κ2) is 9.84. The maximum absolute atomic E-state index is 6.15. The Balaban J connectivity index is 0.00000162. The fourth-order valence-corrected chi connectivity index (χ4v) is 2.61. The van der Waals surface area contributed by atoms with Crippen LogP contribution in [-0.4, -0.2) is 30.6 Å². The summed E-state index contributed by atoms with van der Waals surface area (Å²) >= 11 is 6.15. The summed E-state index contributed by atoms with van der Waals surface area (Å²) in [5.41, 5.74) is 1.20. The first-order valence-electron chi connectivity index (χ1n) is 6.48. The van der Waals surface area contributed by atoms with Crippen LogP contribution in [0.5, 0.6) is 0 Å². The average Bonchev–Trinajstić information content (AvgIpc) is 2.38. The van der Waals surface area contributed by atoms with Gasteiger partial charge in [-0.15, -0.1) is 24.8 Å². The lowest BCUT2D eigenvalue weighted by Crippen LogP contribution is -2.45. The summed E-state index contributed by atoms with van der Waals surface area (Å²) in [7, 11) is 0. The number of hydrogen-bond donors (Lipinski definition) is 1. The zero-order valence-electron chi connectivity index (χ0n) is 11.3. The van der Waals surface area contributed by atoms with Gasteiger partial charge in [0, 0.05) is 24.2 Å². The second-order valence-corrected chi connectivity index (χ2v) is 5.11. The van der Waals surface area contributed by atoms with Gasteiger partial charge in [-0.2, -0.15) is 0 Å². The van der Waals surface area contributed by atoms with Crippen molar-refractivity contribution in [3.05, 3.63) is 34.9 Å². The number of likely N-dealkylation sites (N-methyl/N-ethyl adjacent to an activating group) is 1. The van der Waals surface area contributed by atoms with Gasteiger partial charge in [-0.3, -0.25) is 0 Å². The molecule has 1 fully saturated rings. The van der Waals surface area contributed by atoms with Gasteiger partial charge in [0.2, 0.25) is 0 Å². The Labute approximate surface area is 133 Å². The monoisotopic (exact) mass is 324 g/mol. The molecular weight excluding hydrogens is 303 g/mol. The Hall–Kier alpha value is 0.01000. The number of halogens is 3. The number of benzene rings is 1. The van der Waals surface area contributed by atoms with Crippen LogP contribution in [0, 0.1) is 0 Å². The van der Waals surface area contributed by atoms with E-state index in [0.717, 1.165) is 18.1 Å². The Morgan fingerprint density at radius 3 is 2.74 bits per heavy atom. The molecule has 5 heteroatoms. The van der Waals surface area contributed by atoms with Crippen LogP contribution in [0.15, 0.2) is 24.3 Å². The predicted octanol–water partition coefficient (Wildman–Crippen LogP) is 3.76. The van der Waals surface area contributed by atoms with Crippen molar-refractivity contribution in [3.8, 4) is 0 Å². The largest absolute Gasteiger partial charge is 0.309 e. The van der Waals surface area contributed by atoms with Crippen LogP contribution in [0.4, 0.5) is 0 Å². The highest BCUT2D eigenvalue weighted by Gasteiger charge is 2.17. The molecule has 0 amide bonds. The highest BCUT2D eigenvalue weighted by atomic mass is 35.5. The zero-order valence-corrected chi connectivity index (χ0v) is 13.7. The molecule has 2 nitrogen and oxygen atoms in total. The summed E-state index contributed by atoms with van der Waals surface area (Å²) < 4.78 is 0. The molecule has 110 valence electrons. The van der Waals surface area contributed by atoms with Gasteiger partial charge in [-0.05, 0) is 37.6 Å². The van der Waals surface area contributed by atoms with E-state index < -0.39 is 0 Å². The van der Waals surface area contributed by atoms with Crippen molar-refractivity contribution >= 4 is 36.4 Å². The molecule has 2 rings (SSSR count). The average molecular weight is 326 g/mol. The molecule has 1 heterocycles. The number of piperidine rings is 1. The lowest BCUT2D eigenvalue weighted by atomic mass is 10.1. The van der Waals surface area contributed by atoms with Gasteiger partial charge in [-0.25, -0.2) is 0 Å². The van der Waals surface area contributed by atoms with Gasteiger partial charge in [0.15, 0.2) is 0 Å². The third-order valence-corrected chi connectivity index (χ3v) is 3.86. The zero-order chi connectivity index (χ0) is 12.1. The van der Waals surface area contributed by atoms with Gasteiger partial charge in [-0.1, -0.05) is 36.7 Å². The summed E-state index contributed by atoms with van der Waals surface area (Å²) in [6.45, 7) is 6.68. The number of nitrogens with one attached hydrogen (secondary N) is 1. The Bertz CT molecular complexity index is 360. The van der Waals surface area contributed by atoms with Gasteiger partial charge in [0.25, 0.3) is 0 Å². The van der Waals surface area contributed by atoms with Crippen molar-refractivity contribution in [3.63, 3.8) is 0 Å². The molecule has 0 aliphatic carbocycles. The van der Waals surface area contributed by atoms with Crippen molar-refractivity contribution in [2.24, 2.45) is 0 Å². The van der Waals surface area contributed by atoms with Crippen molar-refractivity contribution < 1.29 is 0 Å². The van der Waals surface area contributed by atoms with Crippen LogP contribution in [0.1, 0.15) is 25.3 Å². The van der Waals surface area contributed by atoms with E-state index in [1.165, 1.54) is 31.5 Å². The Morgan fingerprint density at radius 2 is 2.05 bits per heavy atom. The number of hydrogen-bond acceptors (Lipinski definition) is 2. The van der Waals surface area contributed by atoms with Crippen molar-refractivity contribution in [2.75, 3.05) is 19.6 Å². The molecule has 1 saturated heterocycles. The standard InChI is InChI=1S/C14H21ClN2.2ClH/c1-2-17-9-5-7-13(11-17)16-10-12-6-3-4-8-14(12)15;;/h3-4,6,8,13,16H,2,5,7,9-11H2,1H3;2*1H. The predicted molar refractivity (Wildman–Crippen MR) is 87.9 cm³/mol. The van der Waals surface area contributed by atoms with E-state index in [9.17, 15) is 0 Å². The van der Waals surface area contributed by atoms with Crippen LogP contribution in [0.3, 0.4) is 0 Å². The van der Waals surface area contributed by atoms with Crippen LogP contribution < -0.4 is 5.32 Å². The quantitative estimate of drug-likeness (QED) is 0.907. The van der Waals surface area contributed by atoms with Gasteiger partial charge >= 0.3 is 0 Å². The molecular formula is C14H23Cl3N2. The minimum Gasteiger partial charge on any atom is -0.309 e. The van der Waals surface area contributed by atoms with Gasteiger partial charge < -0.3 is 10.2 Å². The summed E-state index contributed by atoms with van der Waals surface area (Å²) in [5.74, 6) is 0. The van der Waals surface area contributed by atoms with E-state index in [0.29, 0.717) is 6.04 Å². The van der Waals surface area contributed by atoms with Crippen LogP contribution >= 0.6 is 36.4 Å². The lowest BCUT2D eigenvalue weighted by molar-refractivity contribution is 0.198. The summed E-state index contributed by atoms with van der Waals surface area (Å²) in [6.07, 6.45) is 2.58. The number of nitrogens with zero attached hydrogens (tertiary/aromatic N) is 1. The second-order valence-electron chi connectivity index (χ2n) is 4.70. The Morgan fingerprint density at radius 1 is 1.32 bits per heavy atom. The van der Waals surface area contributed by atoms with E-state index in [1.54, 1.807) is 0 Å². The molecule has 0 saturated carbocycles. The van der Waals surface area contributed by atoms with E-state index >= 15 is 0 Å². The highest BCUT2D eigenvalue weighted by Crippen LogP contribution is 2.16. The molecule has 0 bridgehead atoms. The first-order valence-corrected chi connectivity index (χ1v) is 6.86. The first kappa shape index (κ1) is 19.0. The fourth-order valence-electron chi connectivity index (χ4n) is 2.41. The first-order chi connectivity index (χ1) is 8.29. The molecule has 0 spiro atoms. The van der Waals surface area contributed by atoms with Gasteiger partial charge in [0.1, 0.15) is 0 Å². The van der Waals surface area contributed by atoms with Crippen molar-refractivity contribution in [1.82, 2.24) is 10.2 Å². The molecule has 1 unspecified atom stereocenters. The fraction of sp³-hybridized carbons (Fsp3) is 0.571. The van der Waals surface area contributed by atoms with E-state index in [1.807, 2.05) is 18.2 Å². The summed E-state index contributed by atoms with van der Waals surface area (Å²) in [5, 5.41) is 4.48. The minimum absolute atomic E-state index is 0. The lowest BCUT2D eigenvalue weighted by Gasteiger charge is -2.32. The maximum Gasteiger partial charge on any atom is 0.0450 e. The van der Waals surface area contributed by atoms with Crippen LogP contribution in [-0.2, 0) is 6.54 Å². The molecule has 1 N–H and O–H groups in total. The molecule has 19 heavy (non-hydrogen) atoms.